The Morgan fingerprint density at radius 1 is 1.47 bits per heavy atom. The molecule has 0 saturated heterocycles. The number of fused-ring (bicyclic) bond motifs is 4. The molecule has 19 heavy (non-hydrogen) atoms. The summed E-state index contributed by atoms with van der Waals surface area (Å²) in [6.45, 7) is 4.25. The standard InChI is InChI=1S/C16H20N2O/c1-4-12-11-7-10(2)9-16(12,17)13-5-6-15(19-3)18-14(13)8-11/h4-7,11H,8-9,17H2,1-3H3/b12-4+/t11?,16-/m0/s1. The van der Waals surface area contributed by atoms with Crippen LogP contribution in [0, 0.1) is 5.92 Å². The van der Waals surface area contributed by atoms with Crippen LogP contribution < -0.4 is 10.5 Å². The van der Waals surface area contributed by atoms with E-state index < -0.39 is 0 Å². The number of aromatic nitrogens is 1. The average Bonchev–Trinajstić information content (AvgIpc) is 2.37. The van der Waals surface area contributed by atoms with Crippen molar-refractivity contribution in [2.45, 2.75) is 32.2 Å². The molecule has 3 nitrogen and oxygen atoms in total. The zero-order valence-corrected chi connectivity index (χ0v) is 11.7. The van der Waals surface area contributed by atoms with Crippen molar-refractivity contribution in [3.05, 3.63) is 46.7 Å². The monoisotopic (exact) mass is 256 g/mol. The van der Waals surface area contributed by atoms with Gasteiger partial charge < -0.3 is 10.5 Å². The first-order chi connectivity index (χ1) is 9.08. The number of hydrogen-bond donors (Lipinski definition) is 1. The molecule has 1 heterocycles. The van der Waals surface area contributed by atoms with Crippen LogP contribution in [0.4, 0.5) is 0 Å². The van der Waals surface area contributed by atoms with Crippen LogP contribution in [-0.2, 0) is 12.0 Å². The first kappa shape index (κ1) is 12.4. The summed E-state index contributed by atoms with van der Waals surface area (Å²) in [5.74, 6) is 1.06. The molecule has 1 aromatic rings. The molecule has 2 atom stereocenters. The summed E-state index contributed by atoms with van der Waals surface area (Å²) in [6.07, 6.45) is 6.32. The molecule has 2 bridgehead atoms. The summed E-state index contributed by atoms with van der Waals surface area (Å²) in [5.41, 5.74) is 11.3. The first-order valence-electron chi connectivity index (χ1n) is 6.75. The molecule has 1 unspecified atom stereocenters. The molecule has 1 aromatic heterocycles. The third kappa shape index (κ3) is 1.72. The number of rotatable bonds is 1. The highest BCUT2D eigenvalue weighted by Crippen LogP contribution is 2.48. The molecular weight excluding hydrogens is 236 g/mol. The van der Waals surface area contributed by atoms with E-state index >= 15 is 0 Å². The fourth-order valence-electron chi connectivity index (χ4n) is 3.62. The van der Waals surface area contributed by atoms with E-state index in [1.165, 1.54) is 11.1 Å². The SMILES string of the molecule is C/C=C1\C2C=C(C)C[C@@]1(N)c1ccc(OC)nc1C2. The molecule has 0 radical (unpaired) electrons. The molecule has 2 aliphatic rings. The van der Waals surface area contributed by atoms with E-state index in [1.54, 1.807) is 7.11 Å². The molecular formula is C16H20N2O. The van der Waals surface area contributed by atoms with E-state index in [1.807, 2.05) is 6.07 Å². The number of pyridine rings is 1. The Kier molecular flexibility index (Phi) is 2.75. The lowest BCUT2D eigenvalue weighted by Gasteiger charge is -2.45. The molecule has 3 heteroatoms. The first-order valence-corrected chi connectivity index (χ1v) is 6.75. The Bertz CT molecular complexity index is 588. The van der Waals surface area contributed by atoms with Crippen molar-refractivity contribution >= 4 is 0 Å². The van der Waals surface area contributed by atoms with Crippen molar-refractivity contribution in [2.24, 2.45) is 11.7 Å². The number of methoxy groups -OCH3 is 1. The Balaban J connectivity index is 2.20. The molecule has 2 N–H and O–H groups in total. The topological polar surface area (TPSA) is 48.1 Å². The van der Waals surface area contributed by atoms with E-state index in [0.29, 0.717) is 11.8 Å². The molecule has 0 aliphatic heterocycles. The van der Waals surface area contributed by atoms with Crippen LogP contribution in [0.3, 0.4) is 0 Å². The van der Waals surface area contributed by atoms with Crippen molar-refractivity contribution in [3.63, 3.8) is 0 Å². The van der Waals surface area contributed by atoms with E-state index in [9.17, 15) is 0 Å². The molecule has 0 amide bonds. The largest absolute Gasteiger partial charge is 0.481 e. The zero-order valence-electron chi connectivity index (χ0n) is 11.7. The van der Waals surface area contributed by atoms with Crippen LogP contribution in [0.2, 0.25) is 0 Å². The number of nitrogens with two attached hydrogens (primary N) is 1. The third-order valence-corrected chi connectivity index (χ3v) is 4.32. The molecule has 0 saturated carbocycles. The highest BCUT2D eigenvalue weighted by Gasteiger charge is 2.44. The molecule has 2 aliphatic carbocycles. The summed E-state index contributed by atoms with van der Waals surface area (Å²) >= 11 is 0. The van der Waals surface area contributed by atoms with Gasteiger partial charge in [-0.25, -0.2) is 4.98 Å². The maximum Gasteiger partial charge on any atom is 0.213 e. The van der Waals surface area contributed by atoms with Gasteiger partial charge in [-0.3, -0.25) is 0 Å². The smallest absolute Gasteiger partial charge is 0.213 e. The minimum atomic E-state index is -0.384. The summed E-state index contributed by atoms with van der Waals surface area (Å²) in [7, 11) is 1.65. The Morgan fingerprint density at radius 2 is 2.26 bits per heavy atom. The van der Waals surface area contributed by atoms with Crippen molar-refractivity contribution in [1.29, 1.82) is 0 Å². The molecule has 0 spiro atoms. The van der Waals surface area contributed by atoms with Crippen molar-refractivity contribution in [1.82, 2.24) is 4.98 Å². The maximum atomic E-state index is 6.76. The molecule has 0 aromatic carbocycles. The van der Waals surface area contributed by atoms with E-state index in [4.69, 9.17) is 10.5 Å². The van der Waals surface area contributed by atoms with Gasteiger partial charge in [0.05, 0.1) is 18.3 Å². The second-order valence-electron chi connectivity index (χ2n) is 5.56. The van der Waals surface area contributed by atoms with Crippen molar-refractivity contribution < 1.29 is 4.74 Å². The second-order valence-corrected chi connectivity index (χ2v) is 5.56. The Labute approximate surface area is 114 Å². The minimum Gasteiger partial charge on any atom is -0.481 e. The van der Waals surface area contributed by atoms with Crippen molar-refractivity contribution in [2.75, 3.05) is 7.11 Å². The van der Waals surface area contributed by atoms with E-state index in [-0.39, 0.29) is 5.54 Å². The average molecular weight is 256 g/mol. The summed E-state index contributed by atoms with van der Waals surface area (Å²) in [6, 6.07) is 3.99. The lowest BCUT2D eigenvalue weighted by atomic mass is 9.63. The maximum absolute atomic E-state index is 6.76. The minimum absolute atomic E-state index is 0.384. The number of hydrogen-bond acceptors (Lipinski definition) is 3. The van der Waals surface area contributed by atoms with Gasteiger partial charge in [0.2, 0.25) is 5.88 Å². The lowest BCUT2D eigenvalue weighted by molar-refractivity contribution is 0.380. The molecule has 100 valence electrons. The van der Waals surface area contributed by atoms with Gasteiger partial charge in [-0.2, -0.15) is 0 Å². The third-order valence-electron chi connectivity index (χ3n) is 4.32. The Hall–Kier alpha value is -1.61. The van der Waals surface area contributed by atoms with Crippen LogP contribution in [0.15, 0.2) is 35.4 Å². The summed E-state index contributed by atoms with van der Waals surface area (Å²) < 4.78 is 5.23. The normalized spacial score (nSPS) is 30.8. The van der Waals surface area contributed by atoms with Gasteiger partial charge in [-0.05, 0) is 37.5 Å². The number of allylic oxidation sites excluding steroid dienone is 2. The summed E-state index contributed by atoms with van der Waals surface area (Å²) in [5, 5.41) is 0. The molecule has 0 fully saturated rings. The Morgan fingerprint density at radius 3 is 2.95 bits per heavy atom. The van der Waals surface area contributed by atoms with E-state index in [2.05, 4.69) is 37.0 Å². The lowest BCUT2D eigenvalue weighted by Crippen LogP contribution is -2.47. The predicted molar refractivity (Wildman–Crippen MR) is 76.0 cm³/mol. The van der Waals surface area contributed by atoms with Crippen LogP contribution in [-0.4, -0.2) is 12.1 Å². The zero-order chi connectivity index (χ0) is 13.6. The van der Waals surface area contributed by atoms with Crippen LogP contribution in [0.5, 0.6) is 5.88 Å². The van der Waals surface area contributed by atoms with Crippen molar-refractivity contribution in [3.8, 4) is 5.88 Å². The van der Waals surface area contributed by atoms with Gasteiger partial charge in [0.1, 0.15) is 0 Å². The van der Waals surface area contributed by atoms with Crippen LogP contribution in [0.1, 0.15) is 31.5 Å². The predicted octanol–water partition coefficient (Wildman–Crippen LogP) is 2.71. The van der Waals surface area contributed by atoms with Gasteiger partial charge in [0.25, 0.3) is 0 Å². The fourth-order valence-corrected chi connectivity index (χ4v) is 3.62. The second kappa shape index (κ2) is 4.20. The quantitative estimate of drug-likeness (QED) is 0.786. The highest BCUT2D eigenvalue weighted by molar-refractivity contribution is 5.49. The summed E-state index contributed by atoms with van der Waals surface area (Å²) in [4.78, 5) is 4.59. The fraction of sp³-hybridized carbons (Fsp3) is 0.438. The number of nitrogens with zero attached hydrogens (tertiary/aromatic N) is 1. The van der Waals surface area contributed by atoms with E-state index in [0.717, 1.165) is 24.1 Å². The highest BCUT2D eigenvalue weighted by atomic mass is 16.5. The van der Waals surface area contributed by atoms with Crippen LogP contribution >= 0.6 is 0 Å². The van der Waals surface area contributed by atoms with Gasteiger partial charge in [0, 0.05) is 18.4 Å². The number of ether oxygens (including phenoxy) is 1. The van der Waals surface area contributed by atoms with Gasteiger partial charge in [0.15, 0.2) is 0 Å². The van der Waals surface area contributed by atoms with Crippen LogP contribution in [0.25, 0.3) is 0 Å². The molecule has 3 rings (SSSR count). The van der Waals surface area contributed by atoms with Gasteiger partial charge in [-0.1, -0.05) is 17.7 Å². The van der Waals surface area contributed by atoms with Gasteiger partial charge >= 0.3 is 0 Å². The van der Waals surface area contributed by atoms with Gasteiger partial charge in [-0.15, -0.1) is 0 Å².